The van der Waals surface area contributed by atoms with E-state index in [0.29, 0.717) is 38.6 Å². The molecule has 2 rings (SSSR count). The van der Waals surface area contributed by atoms with Crippen LogP contribution in [0.3, 0.4) is 0 Å². The predicted molar refractivity (Wildman–Crippen MR) is 86.5 cm³/mol. The van der Waals surface area contributed by atoms with E-state index in [0.717, 1.165) is 5.56 Å². The van der Waals surface area contributed by atoms with Crippen LogP contribution in [-0.4, -0.2) is 7.11 Å². The highest BCUT2D eigenvalue weighted by atomic mass is 35.5. The van der Waals surface area contributed by atoms with E-state index in [9.17, 15) is 0 Å². The van der Waals surface area contributed by atoms with Gasteiger partial charge in [-0.2, -0.15) is 5.26 Å². The molecule has 0 aliphatic carbocycles. The summed E-state index contributed by atoms with van der Waals surface area (Å²) in [4.78, 5) is 0. The summed E-state index contributed by atoms with van der Waals surface area (Å²) >= 11 is 18.1. The minimum absolute atomic E-state index is 0.416. The summed E-state index contributed by atoms with van der Waals surface area (Å²) in [6.45, 7) is 0.416. The summed E-state index contributed by atoms with van der Waals surface area (Å²) in [5, 5.41) is 13.4. The van der Waals surface area contributed by atoms with Gasteiger partial charge in [0.25, 0.3) is 0 Å². The Labute approximate surface area is 138 Å². The van der Waals surface area contributed by atoms with Gasteiger partial charge in [-0.1, -0.05) is 34.8 Å². The molecule has 0 aliphatic heterocycles. The molecule has 3 nitrogen and oxygen atoms in total. The van der Waals surface area contributed by atoms with Gasteiger partial charge in [0.2, 0.25) is 0 Å². The van der Waals surface area contributed by atoms with Gasteiger partial charge in [0, 0.05) is 17.1 Å². The summed E-state index contributed by atoms with van der Waals surface area (Å²) in [7, 11) is 1.58. The van der Waals surface area contributed by atoms with Gasteiger partial charge >= 0.3 is 0 Å². The largest absolute Gasteiger partial charge is 0.496 e. The number of nitrogens with one attached hydrogen (secondary N) is 1. The first-order valence-electron chi connectivity index (χ1n) is 6.00. The molecule has 0 atom stereocenters. The zero-order valence-corrected chi connectivity index (χ0v) is 13.4. The van der Waals surface area contributed by atoms with Crippen LogP contribution >= 0.6 is 34.8 Å². The molecule has 1 N–H and O–H groups in total. The highest BCUT2D eigenvalue weighted by molar-refractivity contribution is 6.41. The summed E-state index contributed by atoms with van der Waals surface area (Å²) in [5.41, 5.74) is 1.98. The zero-order valence-electron chi connectivity index (χ0n) is 11.1. The molecule has 0 radical (unpaired) electrons. The number of anilines is 1. The number of halogens is 3. The third-order valence-electron chi connectivity index (χ3n) is 2.87. The molecule has 0 fully saturated rings. The van der Waals surface area contributed by atoms with Crippen LogP contribution in [0.15, 0.2) is 30.3 Å². The van der Waals surface area contributed by atoms with Gasteiger partial charge in [0.1, 0.15) is 5.75 Å². The van der Waals surface area contributed by atoms with Gasteiger partial charge in [-0.25, -0.2) is 0 Å². The van der Waals surface area contributed by atoms with Gasteiger partial charge in [-0.3, -0.25) is 0 Å². The molecule has 0 saturated heterocycles. The molecule has 6 heteroatoms. The molecule has 0 aliphatic rings. The van der Waals surface area contributed by atoms with Crippen LogP contribution in [0.4, 0.5) is 5.69 Å². The van der Waals surface area contributed by atoms with E-state index in [4.69, 9.17) is 44.8 Å². The maximum Gasteiger partial charge on any atom is 0.123 e. The van der Waals surface area contributed by atoms with Crippen LogP contribution in [0.1, 0.15) is 11.1 Å². The first-order chi connectivity index (χ1) is 10.0. The van der Waals surface area contributed by atoms with Crippen molar-refractivity contribution in [3.05, 3.63) is 56.5 Å². The lowest BCUT2D eigenvalue weighted by molar-refractivity contribution is 0.410. The topological polar surface area (TPSA) is 45.0 Å². The maximum atomic E-state index is 8.96. The maximum absolute atomic E-state index is 8.96. The number of nitrogens with zero attached hydrogens (tertiary/aromatic N) is 1. The van der Waals surface area contributed by atoms with E-state index in [1.54, 1.807) is 37.4 Å². The van der Waals surface area contributed by atoms with Gasteiger partial charge in [0.05, 0.1) is 34.5 Å². The van der Waals surface area contributed by atoms with Crippen LogP contribution < -0.4 is 10.1 Å². The number of ether oxygens (including phenoxy) is 1. The molecule has 108 valence electrons. The summed E-state index contributed by atoms with van der Waals surface area (Å²) in [6.07, 6.45) is 0. The van der Waals surface area contributed by atoms with Crippen LogP contribution in [-0.2, 0) is 6.54 Å². The molecule has 0 unspecified atom stereocenters. The number of hydrogen-bond acceptors (Lipinski definition) is 3. The number of rotatable bonds is 4. The van der Waals surface area contributed by atoms with E-state index in [-0.39, 0.29) is 0 Å². The Morgan fingerprint density at radius 3 is 2.38 bits per heavy atom. The Morgan fingerprint density at radius 2 is 1.81 bits per heavy atom. The van der Waals surface area contributed by atoms with E-state index < -0.39 is 0 Å². The van der Waals surface area contributed by atoms with Crippen molar-refractivity contribution in [3.8, 4) is 11.8 Å². The fourth-order valence-electron chi connectivity index (χ4n) is 1.88. The van der Waals surface area contributed by atoms with Crippen molar-refractivity contribution in [2.45, 2.75) is 6.54 Å². The molecule has 0 heterocycles. The molecule has 0 saturated carbocycles. The third-order valence-corrected chi connectivity index (χ3v) is 3.69. The molecule has 0 aromatic heterocycles. The van der Waals surface area contributed by atoms with Crippen molar-refractivity contribution in [2.24, 2.45) is 0 Å². The Kier molecular flexibility index (Phi) is 5.19. The Morgan fingerprint density at radius 1 is 1.14 bits per heavy atom. The van der Waals surface area contributed by atoms with Crippen molar-refractivity contribution >= 4 is 40.5 Å². The first-order valence-corrected chi connectivity index (χ1v) is 7.14. The summed E-state index contributed by atoms with van der Waals surface area (Å²) < 4.78 is 5.28. The zero-order chi connectivity index (χ0) is 15.4. The van der Waals surface area contributed by atoms with Crippen LogP contribution in [0, 0.1) is 11.3 Å². The molecule has 0 spiro atoms. The van der Waals surface area contributed by atoms with Crippen LogP contribution in [0.25, 0.3) is 0 Å². The molecule has 2 aromatic carbocycles. The predicted octanol–water partition coefficient (Wildman–Crippen LogP) is 5.14. The van der Waals surface area contributed by atoms with Crippen molar-refractivity contribution < 1.29 is 4.74 Å². The molecule has 21 heavy (non-hydrogen) atoms. The lowest BCUT2D eigenvalue weighted by atomic mass is 10.1. The summed E-state index contributed by atoms with van der Waals surface area (Å²) in [6, 6.07) is 10.5. The SMILES string of the molecule is COc1ccc(C#N)cc1CNc1c(Cl)cc(Cl)cc1Cl. The number of hydrogen-bond donors (Lipinski definition) is 1. The normalized spacial score (nSPS) is 10.0. The second-order valence-corrected chi connectivity index (χ2v) is 5.49. The monoisotopic (exact) mass is 340 g/mol. The van der Waals surface area contributed by atoms with Crippen molar-refractivity contribution in [1.29, 1.82) is 5.26 Å². The second-order valence-electron chi connectivity index (χ2n) is 4.24. The quantitative estimate of drug-likeness (QED) is 0.837. The minimum atomic E-state index is 0.416. The number of nitriles is 1. The van der Waals surface area contributed by atoms with Gasteiger partial charge in [0.15, 0.2) is 0 Å². The Bertz CT molecular complexity index is 688. The summed E-state index contributed by atoms with van der Waals surface area (Å²) in [5.74, 6) is 0.683. The molecule has 0 amide bonds. The van der Waals surface area contributed by atoms with Gasteiger partial charge in [-0.05, 0) is 30.3 Å². The lowest BCUT2D eigenvalue weighted by Gasteiger charge is -2.13. The van der Waals surface area contributed by atoms with Crippen molar-refractivity contribution in [2.75, 3.05) is 12.4 Å². The van der Waals surface area contributed by atoms with E-state index >= 15 is 0 Å². The highest BCUT2D eigenvalue weighted by Crippen LogP contribution is 2.34. The fraction of sp³-hybridized carbons (Fsp3) is 0.133. The number of benzene rings is 2. The van der Waals surface area contributed by atoms with E-state index in [1.807, 2.05) is 0 Å². The van der Waals surface area contributed by atoms with Gasteiger partial charge < -0.3 is 10.1 Å². The molecule has 0 bridgehead atoms. The fourth-order valence-corrected chi connectivity index (χ4v) is 2.83. The smallest absolute Gasteiger partial charge is 0.123 e. The van der Waals surface area contributed by atoms with Crippen LogP contribution in [0.5, 0.6) is 5.75 Å². The highest BCUT2D eigenvalue weighted by Gasteiger charge is 2.10. The molecular formula is C15H11Cl3N2O. The van der Waals surface area contributed by atoms with Crippen LogP contribution in [0.2, 0.25) is 15.1 Å². The average molecular weight is 342 g/mol. The first kappa shape index (κ1) is 15.8. The Balaban J connectivity index is 2.26. The standard InChI is InChI=1S/C15H11Cl3N2O/c1-21-14-3-2-9(7-19)4-10(14)8-20-15-12(17)5-11(16)6-13(15)18/h2-6,20H,8H2,1H3. The van der Waals surface area contributed by atoms with E-state index in [2.05, 4.69) is 11.4 Å². The molecule has 2 aromatic rings. The Hall–Kier alpha value is -1.60. The van der Waals surface area contributed by atoms with Crippen molar-refractivity contribution in [3.63, 3.8) is 0 Å². The average Bonchev–Trinajstić information content (AvgIpc) is 2.45. The molecular weight excluding hydrogens is 331 g/mol. The minimum Gasteiger partial charge on any atom is -0.496 e. The number of methoxy groups -OCH3 is 1. The van der Waals surface area contributed by atoms with Gasteiger partial charge in [-0.15, -0.1) is 0 Å². The lowest BCUT2D eigenvalue weighted by Crippen LogP contribution is -2.03. The third kappa shape index (κ3) is 3.74. The van der Waals surface area contributed by atoms with Crippen molar-refractivity contribution in [1.82, 2.24) is 0 Å². The van der Waals surface area contributed by atoms with E-state index in [1.165, 1.54) is 0 Å². The second kappa shape index (κ2) is 6.91.